The van der Waals surface area contributed by atoms with Gasteiger partial charge in [-0.15, -0.1) is 0 Å². The first-order valence-corrected chi connectivity index (χ1v) is 6.92. The lowest BCUT2D eigenvalue weighted by Gasteiger charge is -2.30. The Morgan fingerprint density at radius 2 is 2.06 bits per heavy atom. The van der Waals surface area contributed by atoms with Gasteiger partial charge in [-0.3, -0.25) is 4.90 Å². The van der Waals surface area contributed by atoms with E-state index in [1.165, 1.54) is 45.2 Å². The highest BCUT2D eigenvalue weighted by Crippen LogP contribution is 2.32. The minimum Gasteiger partial charge on any atom is -0.468 e. The van der Waals surface area contributed by atoms with E-state index in [0.29, 0.717) is 0 Å². The van der Waals surface area contributed by atoms with Crippen LogP contribution in [0.3, 0.4) is 0 Å². The van der Waals surface area contributed by atoms with Gasteiger partial charge >= 0.3 is 0 Å². The van der Waals surface area contributed by atoms with E-state index in [9.17, 15) is 0 Å². The van der Waals surface area contributed by atoms with Crippen molar-refractivity contribution in [2.45, 2.75) is 50.7 Å². The summed E-state index contributed by atoms with van der Waals surface area (Å²) in [5, 5.41) is 3.50. The van der Waals surface area contributed by atoms with Crippen LogP contribution in [-0.2, 0) is 6.54 Å². The van der Waals surface area contributed by atoms with Crippen LogP contribution in [0.25, 0.3) is 0 Å². The molecule has 1 unspecified atom stereocenters. The number of furan rings is 1. The fourth-order valence-corrected chi connectivity index (χ4v) is 2.88. The lowest BCUT2D eigenvalue weighted by atomic mass is 10.1. The van der Waals surface area contributed by atoms with Crippen LogP contribution < -0.4 is 5.32 Å². The van der Waals surface area contributed by atoms with E-state index in [-0.39, 0.29) is 0 Å². The molecule has 1 saturated carbocycles. The quantitative estimate of drug-likeness (QED) is 0.867. The highest BCUT2D eigenvalue weighted by molar-refractivity contribution is 5.01. The highest BCUT2D eigenvalue weighted by atomic mass is 16.3. The second kappa shape index (κ2) is 5.23. The third kappa shape index (κ3) is 2.90. The summed E-state index contributed by atoms with van der Waals surface area (Å²) >= 11 is 0. The molecule has 0 spiro atoms. The van der Waals surface area contributed by atoms with Crippen LogP contribution in [0.15, 0.2) is 22.8 Å². The van der Waals surface area contributed by atoms with Gasteiger partial charge in [0.1, 0.15) is 5.76 Å². The molecule has 0 radical (unpaired) electrons. The van der Waals surface area contributed by atoms with Gasteiger partial charge in [-0.25, -0.2) is 0 Å². The minimum absolute atomic E-state index is 0.752. The molecule has 1 saturated heterocycles. The Bertz CT molecular complexity index is 324. The standard InChI is InChI=1S/C14H22N2O/c1-3-12(7-9-15-8-1)16(13-5-6-13)11-14-4-2-10-17-14/h2,4,10,12-13,15H,1,3,5-9,11H2. The minimum atomic E-state index is 0.752. The molecule has 0 bridgehead atoms. The summed E-state index contributed by atoms with van der Waals surface area (Å²) in [5.74, 6) is 1.12. The molecule has 3 heteroatoms. The van der Waals surface area contributed by atoms with E-state index >= 15 is 0 Å². The number of hydrogen-bond donors (Lipinski definition) is 1. The normalized spacial score (nSPS) is 26.1. The highest BCUT2D eigenvalue weighted by Gasteiger charge is 2.34. The Morgan fingerprint density at radius 1 is 1.18 bits per heavy atom. The van der Waals surface area contributed by atoms with Gasteiger partial charge in [-0.1, -0.05) is 0 Å². The molecule has 0 aromatic carbocycles. The Labute approximate surface area is 103 Å². The molecule has 17 heavy (non-hydrogen) atoms. The van der Waals surface area contributed by atoms with Crippen molar-refractivity contribution in [3.05, 3.63) is 24.2 Å². The molecule has 0 amide bonds. The van der Waals surface area contributed by atoms with Crippen LogP contribution >= 0.6 is 0 Å². The molecule has 94 valence electrons. The van der Waals surface area contributed by atoms with Crippen molar-refractivity contribution >= 4 is 0 Å². The lowest BCUT2D eigenvalue weighted by molar-refractivity contribution is 0.151. The van der Waals surface area contributed by atoms with E-state index in [1.807, 2.05) is 6.07 Å². The third-order valence-corrected chi connectivity index (χ3v) is 3.95. The SMILES string of the molecule is c1coc(CN(C2CCCNCC2)C2CC2)c1. The van der Waals surface area contributed by atoms with Crippen LogP contribution in [0.5, 0.6) is 0 Å². The summed E-state index contributed by atoms with van der Waals surface area (Å²) in [7, 11) is 0. The van der Waals surface area contributed by atoms with Crippen LogP contribution in [0.2, 0.25) is 0 Å². The van der Waals surface area contributed by atoms with Crippen LogP contribution in [0.4, 0.5) is 0 Å². The summed E-state index contributed by atoms with van der Waals surface area (Å²) in [6.45, 7) is 3.37. The van der Waals surface area contributed by atoms with Crippen molar-refractivity contribution in [1.29, 1.82) is 0 Å². The average molecular weight is 234 g/mol. The summed E-state index contributed by atoms with van der Waals surface area (Å²) in [4.78, 5) is 2.69. The van der Waals surface area contributed by atoms with E-state index in [0.717, 1.165) is 24.4 Å². The summed E-state index contributed by atoms with van der Waals surface area (Å²) in [6.07, 6.45) is 8.48. The molecule has 3 rings (SSSR count). The molecule has 1 atom stereocenters. The van der Waals surface area contributed by atoms with Crippen molar-refractivity contribution in [3.63, 3.8) is 0 Å². The summed E-state index contributed by atoms with van der Waals surface area (Å²) in [5.41, 5.74) is 0. The van der Waals surface area contributed by atoms with Crippen molar-refractivity contribution in [3.8, 4) is 0 Å². The van der Waals surface area contributed by atoms with Crippen LogP contribution in [-0.4, -0.2) is 30.1 Å². The predicted octanol–water partition coefficient (Wildman–Crippen LogP) is 2.39. The first kappa shape index (κ1) is 11.3. The Balaban J connectivity index is 1.66. The van der Waals surface area contributed by atoms with Gasteiger partial charge in [0.2, 0.25) is 0 Å². The van der Waals surface area contributed by atoms with Gasteiger partial charge in [0.25, 0.3) is 0 Å². The van der Waals surface area contributed by atoms with E-state index in [4.69, 9.17) is 4.42 Å². The predicted molar refractivity (Wildman–Crippen MR) is 67.8 cm³/mol. The fraction of sp³-hybridized carbons (Fsp3) is 0.714. The molecule has 2 heterocycles. The van der Waals surface area contributed by atoms with Crippen LogP contribution in [0, 0.1) is 0 Å². The summed E-state index contributed by atoms with van der Waals surface area (Å²) < 4.78 is 5.51. The van der Waals surface area contributed by atoms with Crippen molar-refractivity contribution < 1.29 is 4.42 Å². The van der Waals surface area contributed by atoms with Gasteiger partial charge in [0.05, 0.1) is 12.8 Å². The second-order valence-electron chi connectivity index (χ2n) is 5.32. The van der Waals surface area contributed by atoms with Crippen molar-refractivity contribution in [1.82, 2.24) is 10.2 Å². The molecular formula is C14H22N2O. The maximum atomic E-state index is 5.51. The van der Waals surface area contributed by atoms with Gasteiger partial charge in [0.15, 0.2) is 0 Å². The number of nitrogens with zero attached hydrogens (tertiary/aromatic N) is 1. The van der Waals surface area contributed by atoms with Gasteiger partial charge in [-0.2, -0.15) is 0 Å². The molecular weight excluding hydrogens is 212 g/mol. The zero-order valence-electron chi connectivity index (χ0n) is 10.4. The number of rotatable bonds is 4. The topological polar surface area (TPSA) is 28.4 Å². The first-order chi connectivity index (χ1) is 8.43. The zero-order chi connectivity index (χ0) is 11.5. The largest absolute Gasteiger partial charge is 0.468 e. The number of hydrogen-bond acceptors (Lipinski definition) is 3. The Kier molecular flexibility index (Phi) is 3.48. The smallest absolute Gasteiger partial charge is 0.117 e. The molecule has 2 fully saturated rings. The average Bonchev–Trinajstić information content (AvgIpc) is 3.11. The molecule has 1 aromatic rings. The van der Waals surface area contributed by atoms with Gasteiger partial charge < -0.3 is 9.73 Å². The summed E-state index contributed by atoms with van der Waals surface area (Å²) in [6, 6.07) is 5.67. The lowest BCUT2D eigenvalue weighted by Crippen LogP contribution is -2.37. The van der Waals surface area contributed by atoms with Gasteiger partial charge in [0, 0.05) is 12.1 Å². The zero-order valence-corrected chi connectivity index (χ0v) is 10.4. The van der Waals surface area contributed by atoms with Crippen molar-refractivity contribution in [2.75, 3.05) is 13.1 Å². The molecule has 2 aliphatic rings. The maximum absolute atomic E-state index is 5.51. The number of nitrogens with one attached hydrogen (secondary N) is 1. The van der Waals surface area contributed by atoms with E-state index < -0.39 is 0 Å². The molecule has 1 aliphatic heterocycles. The first-order valence-electron chi connectivity index (χ1n) is 6.92. The second-order valence-corrected chi connectivity index (χ2v) is 5.32. The Morgan fingerprint density at radius 3 is 2.82 bits per heavy atom. The van der Waals surface area contributed by atoms with Crippen LogP contribution in [0.1, 0.15) is 37.9 Å². The maximum Gasteiger partial charge on any atom is 0.117 e. The monoisotopic (exact) mass is 234 g/mol. The van der Waals surface area contributed by atoms with Gasteiger partial charge in [-0.05, 0) is 57.3 Å². The molecule has 1 N–H and O–H groups in total. The van der Waals surface area contributed by atoms with E-state index in [1.54, 1.807) is 6.26 Å². The van der Waals surface area contributed by atoms with E-state index in [2.05, 4.69) is 16.3 Å². The molecule has 3 nitrogen and oxygen atoms in total. The molecule has 1 aromatic heterocycles. The third-order valence-electron chi connectivity index (χ3n) is 3.95. The molecule has 1 aliphatic carbocycles. The Hall–Kier alpha value is -0.800. The van der Waals surface area contributed by atoms with Crippen molar-refractivity contribution in [2.24, 2.45) is 0 Å². The fourth-order valence-electron chi connectivity index (χ4n) is 2.88.